The van der Waals surface area contributed by atoms with Gasteiger partial charge in [-0.3, -0.25) is 0 Å². The molecule has 1 aromatic carbocycles. The highest BCUT2D eigenvalue weighted by atomic mass is 16.5. The van der Waals surface area contributed by atoms with E-state index in [1.165, 1.54) is 0 Å². The second kappa shape index (κ2) is 8.25. The maximum absolute atomic E-state index is 5.83. The Hall–Kier alpha value is -1.10. The summed E-state index contributed by atoms with van der Waals surface area (Å²) in [5, 5.41) is 0. The van der Waals surface area contributed by atoms with Gasteiger partial charge < -0.3 is 20.1 Å². The van der Waals surface area contributed by atoms with E-state index in [1.807, 2.05) is 31.4 Å². The molecule has 112 valence electrons. The number of methoxy groups -OCH3 is 1. The molecule has 0 radical (unpaired) electrons. The number of nitrogens with zero attached hydrogens (tertiary/aromatic N) is 1. The molecule has 1 aromatic rings. The number of nitrogens with two attached hydrogens (primary N) is 1. The number of likely N-dealkylation sites (tertiary alicyclic amines) is 1. The third-order valence-corrected chi connectivity index (χ3v) is 3.94. The highest BCUT2D eigenvalue weighted by Crippen LogP contribution is 2.17. The average Bonchev–Trinajstić information content (AvgIpc) is 2.52. The molecule has 0 spiro atoms. The lowest BCUT2D eigenvalue weighted by molar-refractivity contribution is 0.0398. The van der Waals surface area contributed by atoms with Crippen LogP contribution in [0.3, 0.4) is 0 Å². The third-order valence-electron chi connectivity index (χ3n) is 3.94. The van der Waals surface area contributed by atoms with Gasteiger partial charge in [-0.1, -0.05) is 18.2 Å². The molecule has 1 aliphatic heterocycles. The van der Waals surface area contributed by atoms with E-state index in [-0.39, 0.29) is 0 Å². The lowest BCUT2D eigenvalue weighted by Crippen LogP contribution is -2.37. The van der Waals surface area contributed by atoms with Gasteiger partial charge in [0, 0.05) is 38.9 Å². The van der Waals surface area contributed by atoms with Gasteiger partial charge in [0.2, 0.25) is 0 Å². The highest BCUT2D eigenvalue weighted by Gasteiger charge is 2.17. The first-order valence-corrected chi connectivity index (χ1v) is 7.49. The van der Waals surface area contributed by atoms with Crippen LogP contribution in [0.15, 0.2) is 24.3 Å². The van der Waals surface area contributed by atoms with Crippen molar-refractivity contribution in [2.24, 2.45) is 5.73 Å². The number of hydrogen-bond donors (Lipinski definition) is 1. The minimum absolute atomic E-state index is 0.457. The van der Waals surface area contributed by atoms with Gasteiger partial charge in [-0.25, -0.2) is 0 Å². The van der Waals surface area contributed by atoms with Crippen molar-refractivity contribution >= 4 is 0 Å². The van der Waals surface area contributed by atoms with E-state index in [1.54, 1.807) is 0 Å². The monoisotopic (exact) mass is 278 g/mol. The molecule has 0 aromatic heterocycles. The number of rotatable bonds is 7. The normalized spacial score (nSPS) is 17.3. The molecule has 1 saturated heterocycles. The molecular formula is C16H26N2O2. The van der Waals surface area contributed by atoms with E-state index in [9.17, 15) is 0 Å². The van der Waals surface area contributed by atoms with Crippen LogP contribution in [0.1, 0.15) is 24.8 Å². The molecule has 0 atom stereocenters. The summed E-state index contributed by atoms with van der Waals surface area (Å²) in [6.07, 6.45) is 3.80. The largest absolute Gasteiger partial charge is 0.493 e. The second-order valence-electron chi connectivity index (χ2n) is 5.29. The number of ether oxygens (including phenoxy) is 2. The van der Waals surface area contributed by atoms with Crippen LogP contribution in [-0.2, 0) is 11.3 Å². The minimum atomic E-state index is 0.457. The lowest BCUT2D eigenvalue weighted by atomic mass is 10.1. The van der Waals surface area contributed by atoms with E-state index < -0.39 is 0 Å². The summed E-state index contributed by atoms with van der Waals surface area (Å²) in [6.45, 7) is 4.65. The van der Waals surface area contributed by atoms with Gasteiger partial charge in [-0.15, -0.1) is 0 Å². The van der Waals surface area contributed by atoms with Crippen molar-refractivity contribution < 1.29 is 9.47 Å². The van der Waals surface area contributed by atoms with Crippen molar-refractivity contribution in [3.8, 4) is 5.75 Å². The summed E-state index contributed by atoms with van der Waals surface area (Å²) in [5.41, 5.74) is 6.78. The number of hydrogen-bond acceptors (Lipinski definition) is 4. The van der Waals surface area contributed by atoms with Crippen molar-refractivity contribution in [1.82, 2.24) is 4.90 Å². The second-order valence-corrected chi connectivity index (χ2v) is 5.29. The molecule has 1 fully saturated rings. The Bertz CT molecular complexity index is 390. The zero-order valence-corrected chi connectivity index (χ0v) is 12.4. The molecule has 1 aliphatic rings. The van der Waals surface area contributed by atoms with Crippen LogP contribution in [0.4, 0.5) is 0 Å². The van der Waals surface area contributed by atoms with Gasteiger partial charge in [0.15, 0.2) is 0 Å². The van der Waals surface area contributed by atoms with Gasteiger partial charge in [0.1, 0.15) is 5.75 Å². The van der Waals surface area contributed by atoms with Gasteiger partial charge >= 0.3 is 0 Å². The molecule has 0 amide bonds. The number of piperidine rings is 1. The molecule has 4 heteroatoms. The van der Waals surface area contributed by atoms with Crippen LogP contribution < -0.4 is 10.5 Å². The fourth-order valence-electron chi connectivity index (χ4n) is 2.65. The topological polar surface area (TPSA) is 47.7 Å². The molecular weight excluding hydrogens is 252 g/mol. The van der Waals surface area contributed by atoms with Gasteiger partial charge in [0.05, 0.1) is 12.7 Å². The predicted octanol–water partition coefficient (Wildman–Crippen LogP) is 2.02. The van der Waals surface area contributed by atoms with Crippen molar-refractivity contribution in [3.05, 3.63) is 29.8 Å². The first-order valence-electron chi connectivity index (χ1n) is 7.49. The van der Waals surface area contributed by atoms with Crippen LogP contribution in [0.5, 0.6) is 5.75 Å². The first kappa shape index (κ1) is 15.3. The molecule has 4 nitrogen and oxygen atoms in total. The molecule has 1 heterocycles. The average molecular weight is 278 g/mol. The van der Waals surface area contributed by atoms with E-state index in [4.69, 9.17) is 15.2 Å². The highest BCUT2D eigenvalue weighted by molar-refractivity contribution is 5.32. The quantitative estimate of drug-likeness (QED) is 0.775. The summed E-state index contributed by atoms with van der Waals surface area (Å²) < 4.78 is 11.2. The first-order chi connectivity index (χ1) is 9.83. The van der Waals surface area contributed by atoms with Crippen LogP contribution >= 0.6 is 0 Å². The summed E-state index contributed by atoms with van der Waals surface area (Å²) in [5.74, 6) is 0.924. The Kier molecular flexibility index (Phi) is 6.30. The van der Waals surface area contributed by atoms with Gasteiger partial charge in [-0.2, -0.15) is 0 Å². The van der Waals surface area contributed by atoms with Crippen LogP contribution in [0.25, 0.3) is 0 Å². The molecule has 2 rings (SSSR count). The van der Waals surface area contributed by atoms with Gasteiger partial charge in [0.25, 0.3) is 0 Å². The third kappa shape index (κ3) is 4.47. The lowest BCUT2D eigenvalue weighted by Gasteiger charge is -2.31. The van der Waals surface area contributed by atoms with Crippen molar-refractivity contribution in [2.75, 3.05) is 33.4 Å². The maximum Gasteiger partial charge on any atom is 0.123 e. The van der Waals surface area contributed by atoms with E-state index in [0.29, 0.717) is 12.6 Å². The van der Waals surface area contributed by atoms with Crippen molar-refractivity contribution in [1.29, 1.82) is 0 Å². The summed E-state index contributed by atoms with van der Waals surface area (Å²) in [6, 6.07) is 8.00. The smallest absolute Gasteiger partial charge is 0.123 e. The molecule has 20 heavy (non-hydrogen) atoms. The van der Waals surface area contributed by atoms with E-state index in [0.717, 1.165) is 56.8 Å². The fraction of sp³-hybridized carbons (Fsp3) is 0.625. The Balaban J connectivity index is 1.64. The van der Waals surface area contributed by atoms with Gasteiger partial charge in [-0.05, 0) is 25.3 Å². The summed E-state index contributed by atoms with van der Waals surface area (Å²) in [4.78, 5) is 2.49. The maximum atomic E-state index is 5.83. The SMILES string of the molecule is COC1CCN(CCCOc2ccccc2CN)CC1. The van der Waals surface area contributed by atoms with Crippen LogP contribution in [0.2, 0.25) is 0 Å². The Morgan fingerprint density at radius 2 is 2.00 bits per heavy atom. The minimum Gasteiger partial charge on any atom is -0.493 e. The van der Waals surface area contributed by atoms with E-state index in [2.05, 4.69) is 4.90 Å². The predicted molar refractivity (Wildman–Crippen MR) is 80.9 cm³/mol. The molecule has 0 saturated carbocycles. The molecule has 0 bridgehead atoms. The standard InChI is InChI=1S/C16H26N2O2/c1-19-15-7-10-18(11-8-15)9-4-12-20-16-6-3-2-5-14(16)13-17/h2-3,5-6,15H,4,7-13,17H2,1H3. The summed E-state index contributed by atoms with van der Waals surface area (Å²) >= 11 is 0. The van der Waals surface area contributed by atoms with Crippen LogP contribution in [0, 0.1) is 0 Å². The zero-order chi connectivity index (χ0) is 14.2. The number of para-hydroxylation sites is 1. The Morgan fingerprint density at radius 1 is 1.25 bits per heavy atom. The number of benzene rings is 1. The zero-order valence-electron chi connectivity index (χ0n) is 12.4. The Labute approximate surface area is 121 Å². The van der Waals surface area contributed by atoms with E-state index >= 15 is 0 Å². The van der Waals surface area contributed by atoms with Crippen molar-refractivity contribution in [2.45, 2.75) is 31.9 Å². The fourth-order valence-corrected chi connectivity index (χ4v) is 2.65. The molecule has 2 N–H and O–H groups in total. The summed E-state index contributed by atoms with van der Waals surface area (Å²) in [7, 11) is 1.81. The van der Waals surface area contributed by atoms with Crippen molar-refractivity contribution in [3.63, 3.8) is 0 Å². The Morgan fingerprint density at radius 3 is 2.70 bits per heavy atom. The molecule has 0 aliphatic carbocycles. The molecule has 0 unspecified atom stereocenters. The van der Waals surface area contributed by atoms with Crippen LogP contribution in [-0.4, -0.2) is 44.4 Å².